The SMILES string of the molecule is Cc1cccc(Oc2ccc(NC(=O)c3nnn(C4CCNCC4)c3C)cc2)c1.Cl. The molecule has 0 spiro atoms. The van der Waals surface area contributed by atoms with Crippen LogP contribution in [0, 0.1) is 13.8 Å². The van der Waals surface area contributed by atoms with Crippen molar-refractivity contribution in [2.45, 2.75) is 32.7 Å². The standard InChI is InChI=1S/C22H25N5O2.ClH/c1-15-4-3-5-20(14-15)29-19-8-6-17(7-9-19)24-22(28)21-16(2)27(26-25-21)18-10-12-23-13-11-18;/h3-9,14,18,23H,10-13H2,1-2H3,(H,24,28);1H. The van der Waals surface area contributed by atoms with Crippen LogP contribution in [-0.4, -0.2) is 34.0 Å². The van der Waals surface area contributed by atoms with Crippen molar-refractivity contribution in [3.8, 4) is 11.5 Å². The number of hydrogen-bond acceptors (Lipinski definition) is 5. The molecule has 1 aliphatic heterocycles. The van der Waals surface area contributed by atoms with E-state index in [1.54, 1.807) is 0 Å². The smallest absolute Gasteiger partial charge is 0.278 e. The molecule has 0 bridgehead atoms. The van der Waals surface area contributed by atoms with Crippen LogP contribution in [0.2, 0.25) is 0 Å². The van der Waals surface area contributed by atoms with Crippen LogP contribution in [0.25, 0.3) is 0 Å². The van der Waals surface area contributed by atoms with E-state index in [2.05, 4.69) is 20.9 Å². The van der Waals surface area contributed by atoms with E-state index >= 15 is 0 Å². The zero-order valence-corrected chi connectivity index (χ0v) is 17.9. The van der Waals surface area contributed by atoms with Crippen LogP contribution >= 0.6 is 12.4 Å². The first-order valence-electron chi connectivity index (χ1n) is 9.88. The number of ether oxygens (including phenoxy) is 1. The van der Waals surface area contributed by atoms with Gasteiger partial charge in [0.25, 0.3) is 5.91 Å². The van der Waals surface area contributed by atoms with E-state index in [1.807, 2.05) is 67.1 Å². The first-order valence-corrected chi connectivity index (χ1v) is 9.88. The molecule has 1 aliphatic rings. The second-order valence-electron chi connectivity index (χ2n) is 7.35. The van der Waals surface area contributed by atoms with Crippen LogP contribution in [0.5, 0.6) is 11.5 Å². The highest BCUT2D eigenvalue weighted by molar-refractivity contribution is 6.03. The summed E-state index contributed by atoms with van der Waals surface area (Å²) in [5.41, 5.74) is 2.99. The van der Waals surface area contributed by atoms with Gasteiger partial charge in [0.1, 0.15) is 11.5 Å². The predicted molar refractivity (Wildman–Crippen MR) is 119 cm³/mol. The lowest BCUT2D eigenvalue weighted by Crippen LogP contribution is -2.30. The average molecular weight is 428 g/mol. The number of aryl methyl sites for hydroxylation is 1. The molecule has 4 rings (SSSR count). The molecule has 0 saturated carbocycles. The fourth-order valence-corrected chi connectivity index (χ4v) is 3.56. The van der Waals surface area contributed by atoms with E-state index in [0.29, 0.717) is 23.2 Å². The third kappa shape index (κ3) is 4.98. The second-order valence-corrected chi connectivity index (χ2v) is 7.35. The first kappa shape index (κ1) is 21.8. The van der Waals surface area contributed by atoms with Gasteiger partial charge >= 0.3 is 0 Å². The molecule has 0 unspecified atom stereocenters. The van der Waals surface area contributed by atoms with E-state index < -0.39 is 0 Å². The summed E-state index contributed by atoms with van der Waals surface area (Å²) in [6.45, 7) is 5.84. The van der Waals surface area contributed by atoms with Crippen LogP contribution in [0.4, 0.5) is 5.69 Å². The van der Waals surface area contributed by atoms with Gasteiger partial charge < -0.3 is 15.4 Å². The molecule has 1 aromatic heterocycles. The van der Waals surface area contributed by atoms with Gasteiger partial charge in [-0.1, -0.05) is 17.3 Å². The predicted octanol–water partition coefficient (Wildman–Crippen LogP) is 4.29. The maximum absolute atomic E-state index is 12.7. The van der Waals surface area contributed by atoms with Gasteiger partial charge in [0.15, 0.2) is 5.69 Å². The van der Waals surface area contributed by atoms with Crippen molar-refractivity contribution >= 4 is 24.0 Å². The van der Waals surface area contributed by atoms with E-state index in [-0.39, 0.29) is 18.3 Å². The summed E-state index contributed by atoms with van der Waals surface area (Å²) in [5.74, 6) is 1.24. The fraction of sp³-hybridized carbons (Fsp3) is 0.318. The summed E-state index contributed by atoms with van der Waals surface area (Å²) in [4.78, 5) is 12.7. The third-order valence-corrected chi connectivity index (χ3v) is 5.13. The minimum Gasteiger partial charge on any atom is -0.457 e. The Morgan fingerprint density at radius 1 is 1.10 bits per heavy atom. The molecule has 1 saturated heterocycles. The number of piperidine rings is 1. The molecule has 8 heteroatoms. The summed E-state index contributed by atoms with van der Waals surface area (Å²) in [6, 6.07) is 15.5. The van der Waals surface area contributed by atoms with Crippen molar-refractivity contribution in [2.24, 2.45) is 0 Å². The summed E-state index contributed by atoms with van der Waals surface area (Å²) in [7, 11) is 0. The van der Waals surface area contributed by atoms with E-state index in [0.717, 1.165) is 42.9 Å². The maximum Gasteiger partial charge on any atom is 0.278 e. The summed E-state index contributed by atoms with van der Waals surface area (Å²) >= 11 is 0. The molecule has 158 valence electrons. The Kier molecular flexibility index (Phi) is 7.07. The van der Waals surface area contributed by atoms with E-state index in [1.165, 1.54) is 0 Å². The van der Waals surface area contributed by atoms with Crippen molar-refractivity contribution in [1.82, 2.24) is 20.3 Å². The second kappa shape index (κ2) is 9.73. The van der Waals surface area contributed by atoms with Crippen LogP contribution in [0.1, 0.15) is 40.6 Å². The largest absolute Gasteiger partial charge is 0.457 e. The Balaban J connectivity index is 0.00000256. The number of rotatable bonds is 5. The van der Waals surface area contributed by atoms with Crippen LogP contribution < -0.4 is 15.4 Å². The Hall–Kier alpha value is -2.90. The minimum atomic E-state index is -0.255. The lowest BCUT2D eigenvalue weighted by molar-refractivity contribution is 0.102. The quantitative estimate of drug-likeness (QED) is 0.635. The van der Waals surface area contributed by atoms with Crippen molar-refractivity contribution in [3.63, 3.8) is 0 Å². The Bertz CT molecular complexity index is 997. The highest BCUT2D eigenvalue weighted by atomic mass is 35.5. The Morgan fingerprint density at radius 2 is 1.83 bits per heavy atom. The van der Waals surface area contributed by atoms with Gasteiger partial charge in [-0.05, 0) is 81.7 Å². The number of nitrogens with one attached hydrogen (secondary N) is 2. The number of hydrogen-bond donors (Lipinski definition) is 2. The molecule has 2 aromatic carbocycles. The number of amides is 1. The lowest BCUT2D eigenvalue weighted by Gasteiger charge is -2.23. The zero-order chi connectivity index (χ0) is 20.2. The summed E-state index contributed by atoms with van der Waals surface area (Å²) in [6.07, 6.45) is 1.99. The Morgan fingerprint density at radius 3 is 2.53 bits per heavy atom. The third-order valence-electron chi connectivity index (χ3n) is 5.13. The molecule has 2 N–H and O–H groups in total. The number of benzene rings is 2. The minimum absolute atomic E-state index is 0. The molecule has 7 nitrogen and oxygen atoms in total. The number of halogens is 1. The van der Waals surface area contributed by atoms with E-state index in [4.69, 9.17) is 4.74 Å². The number of anilines is 1. The molecule has 3 aromatic rings. The van der Waals surface area contributed by atoms with Crippen molar-refractivity contribution in [3.05, 3.63) is 65.5 Å². The van der Waals surface area contributed by atoms with Crippen molar-refractivity contribution in [2.75, 3.05) is 18.4 Å². The molecule has 30 heavy (non-hydrogen) atoms. The number of carbonyl (C=O) groups is 1. The zero-order valence-electron chi connectivity index (χ0n) is 17.1. The van der Waals surface area contributed by atoms with Gasteiger partial charge in [-0.3, -0.25) is 4.79 Å². The molecule has 0 radical (unpaired) electrons. The summed E-state index contributed by atoms with van der Waals surface area (Å²) < 4.78 is 7.73. The topological polar surface area (TPSA) is 81.1 Å². The average Bonchev–Trinajstić information content (AvgIpc) is 3.12. The first-order chi connectivity index (χ1) is 14.1. The fourth-order valence-electron chi connectivity index (χ4n) is 3.56. The van der Waals surface area contributed by atoms with Gasteiger partial charge in [-0.25, -0.2) is 4.68 Å². The molecule has 0 aliphatic carbocycles. The summed E-state index contributed by atoms with van der Waals surface area (Å²) in [5, 5.41) is 14.6. The lowest BCUT2D eigenvalue weighted by atomic mass is 10.1. The van der Waals surface area contributed by atoms with Crippen LogP contribution in [0.15, 0.2) is 48.5 Å². The van der Waals surface area contributed by atoms with Gasteiger partial charge in [0.05, 0.1) is 11.7 Å². The maximum atomic E-state index is 12.7. The van der Waals surface area contributed by atoms with E-state index in [9.17, 15) is 4.79 Å². The molecule has 2 heterocycles. The van der Waals surface area contributed by atoms with Crippen molar-refractivity contribution in [1.29, 1.82) is 0 Å². The van der Waals surface area contributed by atoms with Gasteiger partial charge in [0, 0.05) is 5.69 Å². The van der Waals surface area contributed by atoms with Gasteiger partial charge in [0.2, 0.25) is 0 Å². The molecule has 1 amide bonds. The van der Waals surface area contributed by atoms with Crippen LogP contribution in [-0.2, 0) is 0 Å². The number of aromatic nitrogens is 3. The highest BCUT2D eigenvalue weighted by Crippen LogP contribution is 2.24. The molecular formula is C22H26ClN5O2. The Labute approximate surface area is 182 Å². The monoisotopic (exact) mass is 427 g/mol. The van der Waals surface area contributed by atoms with Gasteiger partial charge in [-0.15, -0.1) is 17.5 Å². The van der Waals surface area contributed by atoms with Crippen LogP contribution in [0.3, 0.4) is 0 Å². The highest BCUT2D eigenvalue weighted by Gasteiger charge is 2.22. The number of nitrogens with zero attached hydrogens (tertiary/aromatic N) is 3. The molecular weight excluding hydrogens is 402 g/mol. The van der Waals surface area contributed by atoms with Gasteiger partial charge in [-0.2, -0.15) is 0 Å². The van der Waals surface area contributed by atoms with Crippen molar-refractivity contribution < 1.29 is 9.53 Å². The molecule has 0 atom stereocenters. The number of carbonyl (C=O) groups excluding carboxylic acids is 1. The normalized spacial score (nSPS) is 14.1. The molecule has 1 fully saturated rings.